The van der Waals surface area contributed by atoms with Crippen LogP contribution in [0.3, 0.4) is 0 Å². The molecule has 0 spiro atoms. The minimum absolute atomic E-state index is 0.0855. The topological polar surface area (TPSA) is 13.1 Å². The minimum atomic E-state index is -0.0855. The Morgan fingerprint density at radius 2 is 2.09 bits per heavy atom. The first kappa shape index (κ1) is 8.53. The summed E-state index contributed by atoms with van der Waals surface area (Å²) in [5, 5.41) is 0.972. The fourth-order valence-electron chi connectivity index (χ4n) is 0.714. The Balaban J connectivity index is 2.65. The summed E-state index contributed by atoms with van der Waals surface area (Å²) in [6.45, 7) is 6.14. The number of hydrogen-bond donors (Lipinski definition) is 0. The lowest BCUT2D eigenvalue weighted by Crippen LogP contribution is -2.25. The number of aromatic nitrogens is 1. The van der Waals surface area contributed by atoms with E-state index in [4.69, 9.17) is 4.74 Å². The van der Waals surface area contributed by atoms with Crippen LogP contribution in [0.5, 0.6) is 5.06 Å². The van der Waals surface area contributed by atoms with Crippen LogP contribution in [0.25, 0.3) is 0 Å². The monoisotopic (exact) mass is 172 g/mol. The lowest BCUT2D eigenvalue weighted by Gasteiger charge is -2.17. The van der Waals surface area contributed by atoms with Crippen molar-refractivity contribution in [2.75, 3.05) is 0 Å². The summed E-state index contributed by atoms with van der Waals surface area (Å²) in [5.74, 6) is 0. The Bertz CT molecular complexity index is 236. The maximum Gasteiger partial charge on any atom is 0.245 e. The Morgan fingerprint density at radius 3 is 2.45 bits per heavy atom. The van der Waals surface area contributed by atoms with Gasteiger partial charge in [0.2, 0.25) is 16.8 Å². The highest BCUT2D eigenvalue weighted by atomic mass is 32.1. The molecule has 1 aromatic rings. The maximum absolute atomic E-state index is 5.62. The highest BCUT2D eigenvalue weighted by Gasteiger charge is 2.14. The van der Waals surface area contributed by atoms with Gasteiger partial charge in [0.05, 0.1) is 0 Å². The molecule has 0 saturated heterocycles. The molecule has 0 aliphatic carbocycles. The van der Waals surface area contributed by atoms with Crippen LogP contribution in [0, 0.1) is 0 Å². The zero-order valence-corrected chi connectivity index (χ0v) is 8.23. The second kappa shape index (κ2) is 2.81. The van der Waals surface area contributed by atoms with E-state index in [2.05, 4.69) is 0 Å². The molecule has 0 aliphatic heterocycles. The molecule has 0 radical (unpaired) electrons. The third-order valence-corrected chi connectivity index (χ3v) is 1.91. The van der Waals surface area contributed by atoms with Crippen molar-refractivity contribution in [2.45, 2.75) is 26.4 Å². The molecule has 0 bridgehead atoms. The maximum atomic E-state index is 5.62. The average Bonchev–Trinajstić information content (AvgIpc) is 2.10. The number of hydrogen-bond acceptors (Lipinski definition) is 2. The number of ether oxygens (including phenoxy) is 1. The van der Waals surface area contributed by atoms with Gasteiger partial charge in [-0.2, -0.15) is 4.57 Å². The highest BCUT2D eigenvalue weighted by Crippen LogP contribution is 2.20. The molecule has 0 fully saturated rings. The Hall–Kier alpha value is -0.570. The van der Waals surface area contributed by atoms with Gasteiger partial charge in [-0.1, -0.05) is 0 Å². The van der Waals surface area contributed by atoms with Gasteiger partial charge in [-0.25, -0.2) is 0 Å². The van der Waals surface area contributed by atoms with Crippen LogP contribution in [0.2, 0.25) is 0 Å². The van der Waals surface area contributed by atoms with Crippen molar-refractivity contribution in [1.82, 2.24) is 0 Å². The summed E-state index contributed by atoms with van der Waals surface area (Å²) in [7, 11) is 1.99. The van der Waals surface area contributed by atoms with E-state index in [1.165, 1.54) is 0 Å². The normalized spacial score (nSPS) is 11.6. The van der Waals surface area contributed by atoms with Crippen LogP contribution in [0.1, 0.15) is 20.8 Å². The Kier molecular flexibility index (Phi) is 2.18. The second-order valence-electron chi connectivity index (χ2n) is 3.55. The predicted molar refractivity (Wildman–Crippen MR) is 45.9 cm³/mol. The average molecular weight is 172 g/mol. The molecule has 2 nitrogen and oxygen atoms in total. The molecule has 0 aliphatic rings. The molecule has 0 amide bonds. The summed E-state index contributed by atoms with van der Waals surface area (Å²) in [4.78, 5) is 0. The van der Waals surface area contributed by atoms with Gasteiger partial charge in [0.1, 0.15) is 12.6 Å². The molecule has 1 rings (SSSR count). The molecule has 3 heteroatoms. The van der Waals surface area contributed by atoms with Crippen molar-refractivity contribution in [3.63, 3.8) is 0 Å². The van der Waals surface area contributed by atoms with E-state index in [0.29, 0.717) is 0 Å². The molecule has 0 N–H and O–H groups in total. The Morgan fingerprint density at radius 1 is 1.45 bits per heavy atom. The summed E-state index contributed by atoms with van der Waals surface area (Å²) in [5.41, 5.74) is 1.93. The quantitative estimate of drug-likeness (QED) is 0.588. The van der Waals surface area contributed by atoms with Crippen LogP contribution in [-0.4, -0.2) is 5.60 Å². The van der Waals surface area contributed by atoms with E-state index in [0.717, 1.165) is 5.06 Å². The van der Waals surface area contributed by atoms with Gasteiger partial charge in [0.15, 0.2) is 0 Å². The van der Waals surface area contributed by atoms with Crippen LogP contribution in [0.4, 0.5) is 0 Å². The van der Waals surface area contributed by atoms with E-state index in [1.807, 2.05) is 44.1 Å². The van der Waals surface area contributed by atoms with Crippen molar-refractivity contribution in [1.29, 1.82) is 0 Å². The predicted octanol–water partition coefficient (Wildman–Crippen LogP) is 1.75. The minimum Gasteiger partial charge on any atom is -0.474 e. The number of rotatable bonds is 1. The molecular formula is C8H14NOS+. The van der Waals surface area contributed by atoms with Gasteiger partial charge in [-0.15, -0.1) is 0 Å². The SMILES string of the molecule is C[n+]1csc(OC(C)(C)C)c1. The highest BCUT2D eigenvalue weighted by molar-refractivity contribution is 7.11. The van der Waals surface area contributed by atoms with Crippen LogP contribution in [-0.2, 0) is 7.05 Å². The van der Waals surface area contributed by atoms with Gasteiger partial charge >= 0.3 is 0 Å². The van der Waals surface area contributed by atoms with Crippen LogP contribution in [0.15, 0.2) is 11.7 Å². The van der Waals surface area contributed by atoms with Gasteiger partial charge in [-0.05, 0) is 32.1 Å². The number of aryl methyl sites for hydroxylation is 1. The molecule has 1 heterocycles. The largest absolute Gasteiger partial charge is 0.474 e. The zero-order valence-electron chi connectivity index (χ0n) is 7.42. The van der Waals surface area contributed by atoms with Gasteiger partial charge < -0.3 is 4.74 Å². The van der Waals surface area contributed by atoms with Gasteiger partial charge in [0.25, 0.3) is 0 Å². The molecule has 0 saturated carbocycles. The van der Waals surface area contributed by atoms with Crippen molar-refractivity contribution in [3.05, 3.63) is 11.7 Å². The molecule has 0 aromatic carbocycles. The second-order valence-corrected chi connectivity index (χ2v) is 4.40. The third-order valence-electron chi connectivity index (χ3n) is 1.05. The summed E-state index contributed by atoms with van der Waals surface area (Å²) < 4.78 is 7.61. The first-order valence-electron chi connectivity index (χ1n) is 3.60. The van der Waals surface area contributed by atoms with E-state index in [9.17, 15) is 0 Å². The Labute approximate surface area is 71.4 Å². The molecule has 62 valence electrons. The van der Waals surface area contributed by atoms with Crippen LogP contribution >= 0.6 is 11.3 Å². The molecule has 11 heavy (non-hydrogen) atoms. The first-order valence-corrected chi connectivity index (χ1v) is 4.48. The van der Waals surface area contributed by atoms with Crippen molar-refractivity contribution >= 4 is 11.3 Å². The standard InChI is InChI=1S/C8H14NOS/c1-8(2,3)10-7-5-9(4)6-11-7/h5-6H,1-4H3/q+1. The molecule has 1 aromatic heterocycles. The lowest BCUT2D eigenvalue weighted by atomic mass is 10.2. The van der Waals surface area contributed by atoms with Gasteiger partial charge in [-0.3, -0.25) is 0 Å². The summed E-state index contributed by atoms with van der Waals surface area (Å²) >= 11 is 1.62. The van der Waals surface area contributed by atoms with E-state index in [1.54, 1.807) is 11.3 Å². The lowest BCUT2D eigenvalue weighted by molar-refractivity contribution is -0.666. The summed E-state index contributed by atoms with van der Waals surface area (Å²) in [6, 6.07) is 0. The third kappa shape index (κ3) is 2.89. The summed E-state index contributed by atoms with van der Waals surface area (Å²) in [6.07, 6.45) is 1.98. The van der Waals surface area contributed by atoms with Crippen molar-refractivity contribution < 1.29 is 9.30 Å². The zero-order chi connectivity index (χ0) is 8.48. The fraction of sp³-hybridized carbons (Fsp3) is 0.625. The van der Waals surface area contributed by atoms with E-state index < -0.39 is 0 Å². The van der Waals surface area contributed by atoms with E-state index >= 15 is 0 Å². The molecule has 0 unspecified atom stereocenters. The van der Waals surface area contributed by atoms with Gasteiger partial charge in [0, 0.05) is 0 Å². The molecular weight excluding hydrogens is 158 g/mol. The van der Waals surface area contributed by atoms with Crippen molar-refractivity contribution in [2.24, 2.45) is 7.05 Å². The number of thiazole rings is 1. The fourth-order valence-corrected chi connectivity index (χ4v) is 1.57. The smallest absolute Gasteiger partial charge is 0.245 e. The number of nitrogens with zero attached hydrogens (tertiary/aromatic N) is 1. The molecule has 0 atom stereocenters. The van der Waals surface area contributed by atoms with Crippen molar-refractivity contribution in [3.8, 4) is 5.06 Å². The first-order chi connectivity index (χ1) is 4.97. The van der Waals surface area contributed by atoms with Crippen LogP contribution < -0.4 is 9.30 Å². The van der Waals surface area contributed by atoms with E-state index in [-0.39, 0.29) is 5.60 Å².